The number of carbonyl (C=O) groups is 2. The molecule has 6 heteroatoms. The molecule has 188 valence electrons. The molecule has 0 N–H and O–H groups in total. The molecule has 0 aromatic heterocycles. The van der Waals surface area contributed by atoms with Gasteiger partial charge in [-0.2, -0.15) is 10.0 Å². The van der Waals surface area contributed by atoms with Crippen molar-refractivity contribution in [1.29, 1.82) is 0 Å². The molecule has 5 nitrogen and oxygen atoms in total. The van der Waals surface area contributed by atoms with Crippen molar-refractivity contribution < 1.29 is 14.3 Å². The number of fused-ring (bicyclic) bond motifs is 6. The first kappa shape index (κ1) is 24.4. The summed E-state index contributed by atoms with van der Waals surface area (Å²) >= 11 is 0. The quantitative estimate of drug-likeness (QED) is 0.328. The smallest absolute Gasteiger partial charge is 0.340 e. The van der Waals surface area contributed by atoms with Gasteiger partial charge in [-0.25, -0.2) is 4.79 Å². The van der Waals surface area contributed by atoms with E-state index in [0.29, 0.717) is 11.1 Å². The molecule has 1 spiro atoms. The molecule has 0 aliphatic carbocycles. The number of ether oxygens (including phenoxy) is 1. The second-order valence-corrected chi connectivity index (χ2v) is 14.4. The van der Waals surface area contributed by atoms with Crippen LogP contribution in [0, 0.1) is 5.92 Å². The number of esters is 1. The van der Waals surface area contributed by atoms with Crippen LogP contribution in [0.3, 0.4) is 0 Å². The minimum absolute atomic E-state index is 0.0559. The Morgan fingerprint density at radius 2 is 1.33 bits per heavy atom. The van der Waals surface area contributed by atoms with Gasteiger partial charge in [-0.1, -0.05) is 32.0 Å². The Morgan fingerprint density at radius 3 is 1.81 bits per heavy atom. The van der Waals surface area contributed by atoms with E-state index >= 15 is 0 Å². The van der Waals surface area contributed by atoms with Gasteiger partial charge < -0.3 is 14.5 Å². The first-order chi connectivity index (χ1) is 16.9. The maximum atomic E-state index is 13.4. The largest absolute Gasteiger partial charge is 0.440 e. The van der Waals surface area contributed by atoms with E-state index in [9.17, 15) is 9.59 Å². The molecule has 3 aromatic carbocycles. The fourth-order valence-corrected chi connectivity index (χ4v) is 8.01. The van der Waals surface area contributed by atoms with Crippen LogP contribution in [0.1, 0.15) is 51.3 Å². The van der Waals surface area contributed by atoms with Crippen molar-refractivity contribution in [2.24, 2.45) is 5.92 Å². The first-order valence-electron chi connectivity index (χ1n) is 12.2. The second-order valence-electron chi connectivity index (χ2n) is 10.8. The normalized spacial score (nSPS) is 17.2. The molecular formula is C30H34N2O3S. The number of hydrogen-bond acceptors (Lipinski definition) is 5. The van der Waals surface area contributed by atoms with Gasteiger partial charge in [0.25, 0.3) is 0 Å². The van der Waals surface area contributed by atoms with Crippen LogP contribution in [0.5, 0.6) is 0 Å². The lowest BCUT2D eigenvalue weighted by Crippen LogP contribution is -2.36. The summed E-state index contributed by atoms with van der Waals surface area (Å²) < 4.78 is 6.44. The Morgan fingerprint density at radius 1 is 0.806 bits per heavy atom. The van der Waals surface area contributed by atoms with E-state index in [1.54, 1.807) is 12.1 Å². The van der Waals surface area contributed by atoms with Gasteiger partial charge in [0, 0.05) is 77.5 Å². The zero-order chi connectivity index (χ0) is 26.2. The minimum atomic E-state index is -1.45. The molecular weight excluding hydrogens is 468 g/mol. The molecule has 2 heterocycles. The van der Waals surface area contributed by atoms with E-state index in [-0.39, 0.29) is 17.7 Å². The van der Waals surface area contributed by atoms with Crippen LogP contribution in [0.15, 0.2) is 64.4 Å². The third-order valence-electron chi connectivity index (χ3n) is 7.49. The van der Waals surface area contributed by atoms with Crippen LogP contribution in [0.25, 0.3) is 0 Å². The molecule has 0 unspecified atom stereocenters. The van der Waals surface area contributed by atoms with Crippen LogP contribution >= 0.6 is 10.0 Å². The number of benzene rings is 3. The van der Waals surface area contributed by atoms with E-state index in [2.05, 4.69) is 58.7 Å². The van der Waals surface area contributed by atoms with Crippen LogP contribution in [-0.2, 0) is 10.3 Å². The summed E-state index contributed by atoms with van der Waals surface area (Å²) in [7, 11) is 6.70. The third-order valence-corrected chi connectivity index (χ3v) is 10.4. The molecule has 2 aliphatic rings. The Bertz CT molecular complexity index is 1360. The molecule has 0 bridgehead atoms. The SMILES string of the molecule is CC(C)C(=O)c1ccc2c(c1)C1(OC2=O)c2ccc(N(C)C)cc2S(C)(C)c2cc(N(C)C)ccc21. The van der Waals surface area contributed by atoms with Gasteiger partial charge in [-0.3, -0.25) is 4.79 Å². The lowest BCUT2D eigenvalue weighted by atomic mass is 9.78. The van der Waals surface area contributed by atoms with Gasteiger partial charge in [0.05, 0.1) is 5.56 Å². The fourth-order valence-electron chi connectivity index (χ4n) is 5.42. The van der Waals surface area contributed by atoms with Crippen LogP contribution in [0.2, 0.25) is 0 Å². The van der Waals surface area contributed by atoms with Gasteiger partial charge in [0.15, 0.2) is 11.4 Å². The highest BCUT2D eigenvalue weighted by Crippen LogP contribution is 2.69. The van der Waals surface area contributed by atoms with Crippen LogP contribution < -0.4 is 9.80 Å². The van der Waals surface area contributed by atoms with Crippen molar-refractivity contribution in [3.63, 3.8) is 0 Å². The molecule has 0 atom stereocenters. The number of ketones is 1. The predicted octanol–water partition coefficient (Wildman–Crippen LogP) is 5.92. The maximum Gasteiger partial charge on any atom is 0.340 e. The number of nitrogens with zero attached hydrogens (tertiary/aromatic N) is 2. The summed E-state index contributed by atoms with van der Waals surface area (Å²) in [6, 6.07) is 18.3. The standard InChI is InChI=1S/C30H34N2O3S/c1-18(2)28(33)19-9-12-22-25(15-19)30(35-29(22)34)23-13-10-20(31(3)4)16-26(23)36(7,8)27-17-21(32(5)6)11-14-24(27)30/h9-18H,1-8H3. The molecule has 0 fully saturated rings. The van der Waals surface area contributed by atoms with Crippen molar-refractivity contribution in [3.05, 3.63) is 82.4 Å². The zero-order valence-corrected chi connectivity index (χ0v) is 23.1. The van der Waals surface area contributed by atoms with E-state index < -0.39 is 15.6 Å². The van der Waals surface area contributed by atoms with E-state index in [4.69, 9.17) is 4.74 Å². The molecule has 3 aromatic rings. The van der Waals surface area contributed by atoms with Crippen LogP contribution in [-0.4, -0.2) is 52.5 Å². The number of anilines is 2. The zero-order valence-electron chi connectivity index (χ0n) is 22.3. The Hall–Kier alpha value is -3.25. The van der Waals surface area contributed by atoms with E-state index in [0.717, 1.165) is 28.1 Å². The van der Waals surface area contributed by atoms with E-state index in [1.165, 1.54) is 9.79 Å². The number of hydrogen-bond donors (Lipinski definition) is 0. The summed E-state index contributed by atoms with van der Waals surface area (Å²) in [5.41, 5.74) is 4.97. The monoisotopic (exact) mass is 502 g/mol. The highest BCUT2D eigenvalue weighted by molar-refractivity contribution is 8.32. The summed E-state index contributed by atoms with van der Waals surface area (Å²) in [6.07, 6.45) is 4.62. The topological polar surface area (TPSA) is 49.9 Å². The Labute approximate surface area is 215 Å². The highest BCUT2D eigenvalue weighted by atomic mass is 32.3. The van der Waals surface area contributed by atoms with Gasteiger partial charge in [0.1, 0.15) is 0 Å². The first-order valence-corrected chi connectivity index (χ1v) is 14.6. The van der Waals surface area contributed by atoms with Crippen molar-refractivity contribution in [2.45, 2.75) is 29.2 Å². The van der Waals surface area contributed by atoms with Crippen molar-refractivity contribution in [2.75, 3.05) is 50.5 Å². The van der Waals surface area contributed by atoms with E-state index in [1.807, 2.05) is 48.1 Å². The number of carbonyl (C=O) groups excluding carboxylic acids is 2. The molecule has 0 amide bonds. The minimum Gasteiger partial charge on any atom is -0.440 e. The van der Waals surface area contributed by atoms with Gasteiger partial charge in [0.2, 0.25) is 0 Å². The fraction of sp³-hybridized carbons (Fsp3) is 0.333. The molecule has 0 saturated carbocycles. The highest BCUT2D eigenvalue weighted by Gasteiger charge is 2.55. The van der Waals surface area contributed by atoms with Crippen molar-refractivity contribution >= 4 is 33.2 Å². The summed E-state index contributed by atoms with van der Waals surface area (Å²) in [6.45, 7) is 3.80. The molecule has 0 saturated heterocycles. The average molecular weight is 503 g/mol. The van der Waals surface area contributed by atoms with Gasteiger partial charge >= 0.3 is 5.97 Å². The maximum absolute atomic E-state index is 13.4. The third kappa shape index (κ3) is 3.30. The molecule has 0 radical (unpaired) electrons. The van der Waals surface area contributed by atoms with Crippen LogP contribution in [0.4, 0.5) is 11.4 Å². The number of rotatable bonds is 4. The molecule has 36 heavy (non-hydrogen) atoms. The summed E-state index contributed by atoms with van der Waals surface area (Å²) in [4.78, 5) is 33.0. The average Bonchev–Trinajstić information content (AvgIpc) is 3.14. The number of Topliss-reactive ketones (excluding diaryl/α,β-unsaturated/α-hetero) is 1. The lowest BCUT2D eigenvalue weighted by molar-refractivity contribution is 0.0232. The predicted molar refractivity (Wildman–Crippen MR) is 148 cm³/mol. The van der Waals surface area contributed by atoms with Gasteiger partial charge in [-0.15, -0.1) is 0 Å². The second kappa shape index (κ2) is 8.13. The Kier molecular flexibility index (Phi) is 5.52. The van der Waals surface area contributed by atoms with Crippen molar-refractivity contribution in [3.8, 4) is 0 Å². The Balaban J connectivity index is 1.90. The summed E-state index contributed by atoms with van der Waals surface area (Å²) in [5.74, 6) is -0.439. The van der Waals surface area contributed by atoms with Crippen molar-refractivity contribution in [1.82, 2.24) is 0 Å². The molecule has 2 aliphatic heterocycles. The van der Waals surface area contributed by atoms with Gasteiger partial charge in [-0.05, 0) is 48.9 Å². The summed E-state index contributed by atoms with van der Waals surface area (Å²) in [5, 5.41) is 0. The lowest BCUT2D eigenvalue weighted by Gasteiger charge is -2.47. The molecule has 5 rings (SSSR count).